The third-order valence-corrected chi connectivity index (χ3v) is 6.81. The molecule has 0 bridgehead atoms. The quantitative estimate of drug-likeness (QED) is 0.467. The maximum atomic E-state index is 14.6. The Hall–Kier alpha value is -3.60. The van der Waals surface area contributed by atoms with Crippen LogP contribution in [0.15, 0.2) is 53.3 Å². The van der Waals surface area contributed by atoms with Crippen molar-refractivity contribution in [2.75, 3.05) is 24.7 Å². The Kier molecular flexibility index (Phi) is 6.35. The topological polar surface area (TPSA) is 76.8 Å². The van der Waals surface area contributed by atoms with Crippen LogP contribution in [0.2, 0.25) is 0 Å². The van der Waals surface area contributed by atoms with Crippen LogP contribution in [0.3, 0.4) is 0 Å². The number of nitrogens with zero attached hydrogens (tertiary/aromatic N) is 3. The summed E-state index contributed by atoms with van der Waals surface area (Å²) in [6.07, 6.45) is -3.46. The summed E-state index contributed by atoms with van der Waals surface area (Å²) in [7, 11) is 0. The molecule has 1 aromatic heterocycles. The van der Waals surface area contributed by atoms with Crippen LogP contribution in [0.1, 0.15) is 24.5 Å². The predicted octanol–water partition coefficient (Wildman–Crippen LogP) is 4.41. The van der Waals surface area contributed by atoms with Gasteiger partial charge < -0.3 is 19.5 Å². The fraction of sp³-hybridized carbons (Fsp3) is 0.385. The van der Waals surface area contributed by atoms with Crippen molar-refractivity contribution in [2.24, 2.45) is 5.92 Å². The van der Waals surface area contributed by atoms with E-state index in [1.165, 1.54) is 24.3 Å². The highest BCUT2D eigenvalue weighted by atomic mass is 19.4. The first-order valence-corrected chi connectivity index (χ1v) is 11.8. The van der Waals surface area contributed by atoms with Crippen molar-refractivity contribution in [3.8, 4) is 17.4 Å². The van der Waals surface area contributed by atoms with Gasteiger partial charge in [0.05, 0.1) is 30.9 Å². The lowest BCUT2D eigenvalue weighted by Crippen LogP contribution is -2.45. The molecule has 0 radical (unpaired) electrons. The standard InChI is InChI=1S/C26H25F4N3O4/c1-16-12-25(15-34)14-32-23(33(25)13-16)11-22(31-24(32)35)36-8-7-17-5-6-21(20(27)9-17)37-19-4-2-3-18(10-19)26(28,29)30/h2-6,9-11,16,34H,7-8,12-15H2,1H3/t16-,25-/m1/s1. The maximum Gasteiger partial charge on any atom is 0.416 e. The third kappa shape index (κ3) is 4.87. The number of benzene rings is 2. The fourth-order valence-corrected chi connectivity index (χ4v) is 5.15. The van der Waals surface area contributed by atoms with Crippen molar-refractivity contribution in [3.63, 3.8) is 0 Å². The van der Waals surface area contributed by atoms with Gasteiger partial charge in [0.15, 0.2) is 11.6 Å². The van der Waals surface area contributed by atoms with Crippen molar-refractivity contribution in [3.05, 3.63) is 76.0 Å². The number of aromatic nitrogens is 2. The Morgan fingerprint density at radius 3 is 2.73 bits per heavy atom. The summed E-state index contributed by atoms with van der Waals surface area (Å²) in [4.78, 5) is 18.6. The average molecular weight is 519 g/mol. The van der Waals surface area contributed by atoms with E-state index in [-0.39, 0.29) is 30.6 Å². The molecule has 1 saturated heterocycles. The molecule has 7 nitrogen and oxygen atoms in total. The number of aliphatic hydroxyl groups excluding tert-OH is 1. The van der Waals surface area contributed by atoms with Crippen LogP contribution in [-0.2, 0) is 19.1 Å². The summed E-state index contributed by atoms with van der Waals surface area (Å²) in [6, 6.07) is 10.0. The molecule has 3 heterocycles. The van der Waals surface area contributed by atoms with Gasteiger partial charge in [0.25, 0.3) is 0 Å². The van der Waals surface area contributed by atoms with Crippen molar-refractivity contribution in [1.82, 2.24) is 9.55 Å². The van der Waals surface area contributed by atoms with Gasteiger partial charge in [0.1, 0.15) is 11.6 Å². The highest BCUT2D eigenvalue weighted by Gasteiger charge is 2.50. The molecule has 0 amide bonds. The summed E-state index contributed by atoms with van der Waals surface area (Å²) in [5, 5.41) is 10.0. The molecule has 11 heteroatoms. The van der Waals surface area contributed by atoms with Crippen molar-refractivity contribution < 1.29 is 32.1 Å². The minimum atomic E-state index is -4.53. The molecule has 0 unspecified atom stereocenters. The van der Waals surface area contributed by atoms with Gasteiger partial charge in [0, 0.05) is 19.0 Å². The van der Waals surface area contributed by atoms with E-state index in [0.717, 1.165) is 25.1 Å². The number of hydrogen-bond donors (Lipinski definition) is 1. The Balaban J connectivity index is 1.23. The van der Waals surface area contributed by atoms with Crippen LogP contribution >= 0.6 is 0 Å². The molecule has 2 aliphatic rings. The van der Waals surface area contributed by atoms with Gasteiger partial charge >= 0.3 is 11.9 Å². The smallest absolute Gasteiger partial charge is 0.416 e. The number of hydrogen-bond acceptors (Lipinski definition) is 6. The summed E-state index contributed by atoms with van der Waals surface area (Å²) in [6.45, 7) is 3.26. The Labute approximate surface area is 209 Å². The van der Waals surface area contributed by atoms with Crippen molar-refractivity contribution in [2.45, 2.75) is 38.0 Å². The third-order valence-electron chi connectivity index (χ3n) is 6.81. The summed E-state index contributed by atoms with van der Waals surface area (Å²) in [5.41, 5.74) is -1.27. The monoisotopic (exact) mass is 519 g/mol. The van der Waals surface area contributed by atoms with E-state index >= 15 is 0 Å². The van der Waals surface area contributed by atoms with Crippen LogP contribution in [-0.4, -0.2) is 40.0 Å². The number of anilines is 1. The molecule has 2 aromatic carbocycles. The van der Waals surface area contributed by atoms with Gasteiger partial charge in [0.2, 0.25) is 5.88 Å². The highest BCUT2D eigenvalue weighted by molar-refractivity contribution is 5.51. The van der Waals surface area contributed by atoms with Gasteiger partial charge in [-0.15, -0.1) is 0 Å². The fourth-order valence-electron chi connectivity index (χ4n) is 5.15. The molecule has 3 aromatic rings. The van der Waals surface area contributed by atoms with E-state index in [9.17, 15) is 27.5 Å². The first kappa shape index (κ1) is 25.1. The van der Waals surface area contributed by atoms with Crippen molar-refractivity contribution >= 4 is 5.82 Å². The molecule has 1 N–H and O–H groups in total. The second-order valence-corrected chi connectivity index (χ2v) is 9.61. The van der Waals surface area contributed by atoms with Gasteiger partial charge in [-0.25, -0.2) is 9.18 Å². The number of alkyl halides is 3. The minimum absolute atomic E-state index is 0.0618. The average Bonchev–Trinajstić information content (AvgIpc) is 3.33. The number of aliphatic hydroxyl groups is 1. The van der Waals surface area contributed by atoms with Gasteiger partial charge in [-0.1, -0.05) is 19.1 Å². The SMILES string of the molecule is C[C@H]1CN2c3cc(OCCc4ccc(Oc5cccc(C(F)(F)F)c5)c(F)c4)nc(=O)n3C[C@@]2(CO)C1. The maximum absolute atomic E-state index is 14.6. The van der Waals surface area contributed by atoms with E-state index in [0.29, 0.717) is 30.3 Å². The number of halogens is 4. The van der Waals surface area contributed by atoms with Crippen LogP contribution < -0.4 is 20.1 Å². The molecule has 196 valence electrons. The molecule has 5 rings (SSSR count). The van der Waals surface area contributed by atoms with E-state index in [1.54, 1.807) is 16.7 Å². The lowest BCUT2D eigenvalue weighted by Gasteiger charge is -2.30. The number of ether oxygens (including phenoxy) is 2. The van der Waals surface area contributed by atoms with E-state index in [2.05, 4.69) is 11.9 Å². The van der Waals surface area contributed by atoms with E-state index in [1.807, 2.05) is 4.90 Å². The second kappa shape index (κ2) is 9.37. The van der Waals surface area contributed by atoms with Crippen LogP contribution in [0.4, 0.5) is 23.4 Å². The van der Waals surface area contributed by atoms with Gasteiger partial charge in [-0.3, -0.25) is 4.57 Å². The molecule has 2 atom stereocenters. The van der Waals surface area contributed by atoms with E-state index < -0.39 is 28.8 Å². The Morgan fingerprint density at radius 2 is 2.00 bits per heavy atom. The lowest BCUT2D eigenvalue weighted by molar-refractivity contribution is -0.137. The van der Waals surface area contributed by atoms with Crippen LogP contribution in [0, 0.1) is 11.7 Å². The van der Waals surface area contributed by atoms with Gasteiger partial charge in [-0.05, 0) is 48.2 Å². The van der Waals surface area contributed by atoms with Crippen LogP contribution in [0.25, 0.3) is 0 Å². The zero-order valence-corrected chi connectivity index (χ0v) is 20.0. The number of fused-ring (bicyclic) bond motifs is 3. The molecular formula is C26H25F4N3O4. The first-order valence-electron chi connectivity index (χ1n) is 11.8. The molecule has 2 aliphatic heterocycles. The molecule has 1 fully saturated rings. The summed E-state index contributed by atoms with van der Waals surface area (Å²) < 4.78 is 65.8. The van der Waals surface area contributed by atoms with Crippen LogP contribution in [0.5, 0.6) is 17.4 Å². The van der Waals surface area contributed by atoms with Crippen molar-refractivity contribution in [1.29, 1.82) is 0 Å². The number of rotatable bonds is 7. The Bertz CT molecular complexity index is 1380. The molecule has 0 spiro atoms. The summed E-state index contributed by atoms with van der Waals surface area (Å²) in [5.74, 6) is 0.127. The van der Waals surface area contributed by atoms with E-state index in [4.69, 9.17) is 9.47 Å². The lowest BCUT2D eigenvalue weighted by atomic mass is 9.94. The predicted molar refractivity (Wildman–Crippen MR) is 127 cm³/mol. The summed E-state index contributed by atoms with van der Waals surface area (Å²) >= 11 is 0. The minimum Gasteiger partial charge on any atom is -0.477 e. The van der Waals surface area contributed by atoms with Gasteiger partial charge in [-0.2, -0.15) is 18.2 Å². The Morgan fingerprint density at radius 1 is 1.19 bits per heavy atom. The normalized spacial score (nSPS) is 20.6. The largest absolute Gasteiger partial charge is 0.477 e. The first-order chi connectivity index (χ1) is 17.6. The molecule has 37 heavy (non-hydrogen) atoms. The molecule has 0 aliphatic carbocycles. The highest BCUT2D eigenvalue weighted by Crippen LogP contribution is 2.43. The molecule has 0 saturated carbocycles. The molecular weight excluding hydrogens is 494 g/mol. The zero-order chi connectivity index (χ0) is 26.4. The zero-order valence-electron chi connectivity index (χ0n) is 20.0. The second-order valence-electron chi connectivity index (χ2n) is 9.61.